The maximum Gasteiger partial charge on any atom is 0.254 e. The molecule has 0 unspecified atom stereocenters. The highest BCUT2D eigenvalue weighted by molar-refractivity contribution is 5.96. The number of amides is 1. The maximum absolute atomic E-state index is 12.4. The van der Waals surface area contributed by atoms with Crippen molar-refractivity contribution in [2.24, 2.45) is 0 Å². The summed E-state index contributed by atoms with van der Waals surface area (Å²) < 4.78 is 0. The van der Waals surface area contributed by atoms with Gasteiger partial charge in [0.25, 0.3) is 5.91 Å². The molecule has 1 aliphatic rings. The number of hydrogen-bond donors (Lipinski definition) is 0. The molecule has 1 fully saturated rings. The Hall–Kier alpha value is -2.53. The highest BCUT2D eigenvalue weighted by atomic mass is 16.2. The number of pyridine rings is 1. The predicted octanol–water partition coefficient (Wildman–Crippen LogP) is 2.50. The van der Waals surface area contributed by atoms with Crippen LogP contribution in [0.25, 0.3) is 0 Å². The fraction of sp³-hybridized carbons (Fsp3) is 0.350. The summed E-state index contributed by atoms with van der Waals surface area (Å²) in [6.45, 7) is 4.07. The van der Waals surface area contributed by atoms with Crippen molar-refractivity contribution in [1.29, 1.82) is 0 Å². The van der Waals surface area contributed by atoms with Crippen LogP contribution < -0.4 is 0 Å². The van der Waals surface area contributed by atoms with Gasteiger partial charge in [-0.05, 0) is 25.1 Å². The van der Waals surface area contributed by atoms with Gasteiger partial charge in [-0.15, -0.1) is 0 Å². The van der Waals surface area contributed by atoms with Crippen LogP contribution in [-0.2, 0) is 0 Å². The van der Waals surface area contributed by atoms with Crippen molar-refractivity contribution in [2.45, 2.75) is 12.8 Å². The van der Waals surface area contributed by atoms with Gasteiger partial charge in [-0.3, -0.25) is 19.5 Å². The fourth-order valence-electron chi connectivity index (χ4n) is 3.08. The van der Waals surface area contributed by atoms with Crippen molar-refractivity contribution < 1.29 is 9.59 Å². The van der Waals surface area contributed by atoms with Gasteiger partial charge in [0.15, 0.2) is 5.78 Å². The van der Waals surface area contributed by atoms with Gasteiger partial charge in [-0.25, -0.2) is 0 Å². The number of carbonyl (C=O) groups is 2. The lowest BCUT2D eigenvalue weighted by Gasteiger charge is -2.34. The molecule has 0 bridgehead atoms. The lowest BCUT2D eigenvalue weighted by atomic mass is 10.1. The van der Waals surface area contributed by atoms with Crippen LogP contribution in [0.4, 0.5) is 0 Å². The van der Waals surface area contributed by atoms with Gasteiger partial charge < -0.3 is 4.90 Å². The SMILES string of the molecule is O=C(CCCN1CCN(C(=O)c2ccncc2)CC1)c1ccccc1. The molecule has 2 heterocycles. The lowest BCUT2D eigenvalue weighted by Crippen LogP contribution is -2.48. The zero-order chi connectivity index (χ0) is 17.5. The normalized spacial score (nSPS) is 15.1. The second-order valence-corrected chi connectivity index (χ2v) is 6.26. The van der Waals surface area contributed by atoms with Crippen molar-refractivity contribution in [2.75, 3.05) is 32.7 Å². The zero-order valence-corrected chi connectivity index (χ0v) is 14.3. The van der Waals surface area contributed by atoms with E-state index in [2.05, 4.69) is 9.88 Å². The summed E-state index contributed by atoms with van der Waals surface area (Å²) in [6.07, 6.45) is 4.71. The molecule has 130 valence electrons. The molecule has 0 atom stereocenters. The number of Topliss-reactive ketones (excluding diaryl/α,β-unsaturated/α-hetero) is 1. The van der Waals surface area contributed by atoms with E-state index in [1.54, 1.807) is 24.5 Å². The largest absolute Gasteiger partial charge is 0.336 e. The van der Waals surface area contributed by atoms with Crippen molar-refractivity contribution in [3.05, 3.63) is 66.0 Å². The minimum atomic E-state index is 0.0707. The van der Waals surface area contributed by atoms with Crippen LogP contribution in [0.2, 0.25) is 0 Å². The molecule has 25 heavy (non-hydrogen) atoms. The van der Waals surface area contributed by atoms with Gasteiger partial charge in [-0.1, -0.05) is 30.3 Å². The summed E-state index contributed by atoms with van der Waals surface area (Å²) in [5.41, 5.74) is 1.48. The highest BCUT2D eigenvalue weighted by Gasteiger charge is 2.21. The predicted molar refractivity (Wildman–Crippen MR) is 96.6 cm³/mol. The first kappa shape index (κ1) is 17.3. The van der Waals surface area contributed by atoms with Crippen LogP contribution in [0, 0.1) is 0 Å². The molecule has 1 saturated heterocycles. The Kier molecular flexibility index (Phi) is 5.90. The Morgan fingerprint density at radius 1 is 0.880 bits per heavy atom. The standard InChI is InChI=1S/C20H23N3O2/c24-19(17-5-2-1-3-6-17)7-4-12-22-13-15-23(16-14-22)20(25)18-8-10-21-11-9-18/h1-3,5-6,8-11H,4,7,12-16H2. The Labute approximate surface area is 148 Å². The molecule has 1 aliphatic heterocycles. The van der Waals surface area contributed by atoms with Gasteiger partial charge in [0, 0.05) is 56.1 Å². The van der Waals surface area contributed by atoms with Crippen LogP contribution in [0.15, 0.2) is 54.9 Å². The molecule has 1 amide bonds. The Balaban J connectivity index is 1.39. The summed E-state index contributed by atoms with van der Waals surface area (Å²) in [5.74, 6) is 0.272. The van der Waals surface area contributed by atoms with E-state index in [1.807, 2.05) is 35.2 Å². The molecule has 0 radical (unpaired) electrons. The van der Waals surface area contributed by atoms with E-state index in [0.717, 1.165) is 44.7 Å². The average molecular weight is 337 g/mol. The minimum absolute atomic E-state index is 0.0707. The summed E-state index contributed by atoms with van der Waals surface area (Å²) in [7, 11) is 0. The first-order valence-corrected chi connectivity index (χ1v) is 8.74. The van der Waals surface area contributed by atoms with Crippen molar-refractivity contribution in [3.8, 4) is 0 Å². The number of aromatic nitrogens is 1. The fourth-order valence-corrected chi connectivity index (χ4v) is 3.08. The quantitative estimate of drug-likeness (QED) is 0.760. The van der Waals surface area contributed by atoms with Crippen LogP contribution in [0.1, 0.15) is 33.6 Å². The van der Waals surface area contributed by atoms with Gasteiger partial charge in [0.05, 0.1) is 0 Å². The molecule has 5 heteroatoms. The average Bonchev–Trinajstić information content (AvgIpc) is 2.69. The lowest BCUT2D eigenvalue weighted by molar-refractivity contribution is 0.0635. The number of rotatable bonds is 6. The number of carbonyl (C=O) groups excluding carboxylic acids is 2. The Bertz CT molecular complexity index is 693. The second-order valence-electron chi connectivity index (χ2n) is 6.26. The van der Waals surface area contributed by atoms with E-state index in [1.165, 1.54) is 0 Å². The van der Waals surface area contributed by atoms with Crippen LogP contribution in [-0.4, -0.2) is 59.2 Å². The first-order valence-electron chi connectivity index (χ1n) is 8.74. The maximum atomic E-state index is 12.4. The third kappa shape index (κ3) is 4.73. The first-order chi connectivity index (χ1) is 12.2. The van der Waals surface area contributed by atoms with Crippen molar-refractivity contribution in [3.63, 3.8) is 0 Å². The molecule has 1 aromatic carbocycles. The molecular weight excluding hydrogens is 314 g/mol. The summed E-state index contributed by atoms with van der Waals surface area (Å²) in [6, 6.07) is 13.0. The molecule has 0 N–H and O–H groups in total. The Morgan fingerprint density at radius 3 is 2.24 bits per heavy atom. The molecular formula is C20H23N3O2. The number of piperazine rings is 1. The third-order valence-corrected chi connectivity index (χ3v) is 4.56. The number of hydrogen-bond acceptors (Lipinski definition) is 4. The van der Waals surface area contributed by atoms with Crippen LogP contribution >= 0.6 is 0 Å². The summed E-state index contributed by atoms with van der Waals surface area (Å²) in [5, 5.41) is 0. The number of ketones is 1. The minimum Gasteiger partial charge on any atom is -0.336 e. The van der Waals surface area contributed by atoms with Gasteiger partial charge in [0.1, 0.15) is 0 Å². The van der Waals surface area contributed by atoms with E-state index < -0.39 is 0 Å². The molecule has 1 aromatic heterocycles. The molecule has 0 aliphatic carbocycles. The number of nitrogens with zero attached hydrogens (tertiary/aromatic N) is 3. The highest BCUT2D eigenvalue weighted by Crippen LogP contribution is 2.10. The van der Waals surface area contributed by atoms with E-state index in [9.17, 15) is 9.59 Å². The van der Waals surface area contributed by atoms with Gasteiger partial charge in [-0.2, -0.15) is 0 Å². The molecule has 3 rings (SSSR count). The van der Waals surface area contributed by atoms with Gasteiger partial charge in [0.2, 0.25) is 0 Å². The van der Waals surface area contributed by atoms with E-state index in [-0.39, 0.29) is 11.7 Å². The second kappa shape index (κ2) is 8.53. The molecule has 0 spiro atoms. The topological polar surface area (TPSA) is 53.5 Å². The molecule has 5 nitrogen and oxygen atoms in total. The number of benzene rings is 1. The van der Waals surface area contributed by atoms with E-state index in [4.69, 9.17) is 0 Å². The van der Waals surface area contributed by atoms with E-state index in [0.29, 0.717) is 12.0 Å². The Morgan fingerprint density at radius 2 is 1.56 bits per heavy atom. The smallest absolute Gasteiger partial charge is 0.254 e. The van der Waals surface area contributed by atoms with E-state index >= 15 is 0 Å². The third-order valence-electron chi connectivity index (χ3n) is 4.56. The zero-order valence-electron chi connectivity index (χ0n) is 14.3. The van der Waals surface area contributed by atoms with Crippen molar-refractivity contribution in [1.82, 2.24) is 14.8 Å². The summed E-state index contributed by atoms with van der Waals surface area (Å²) in [4.78, 5) is 32.7. The molecule has 0 saturated carbocycles. The molecule has 2 aromatic rings. The van der Waals surface area contributed by atoms with Crippen LogP contribution in [0.5, 0.6) is 0 Å². The van der Waals surface area contributed by atoms with Gasteiger partial charge >= 0.3 is 0 Å². The van der Waals surface area contributed by atoms with Crippen LogP contribution in [0.3, 0.4) is 0 Å². The van der Waals surface area contributed by atoms with Crippen molar-refractivity contribution >= 4 is 11.7 Å². The summed E-state index contributed by atoms with van der Waals surface area (Å²) >= 11 is 0. The monoisotopic (exact) mass is 337 g/mol.